The Labute approximate surface area is 158 Å². The summed E-state index contributed by atoms with van der Waals surface area (Å²) in [6.45, 7) is -0.427. The van der Waals surface area contributed by atoms with E-state index in [1.165, 1.54) is 15.4 Å². The fourth-order valence-electron chi connectivity index (χ4n) is 3.66. The largest absolute Gasteiger partial charge is 0.347 e. The van der Waals surface area contributed by atoms with Gasteiger partial charge in [0.2, 0.25) is 5.91 Å². The fraction of sp³-hybridized carbons (Fsp3) is 0.529. The van der Waals surface area contributed by atoms with Crippen molar-refractivity contribution in [2.24, 2.45) is 0 Å². The van der Waals surface area contributed by atoms with Crippen molar-refractivity contribution >= 4 is 17.5 Å². The molecular formula is C17H18ClF2N5O2. The minimum atomic E-state index is -2.86. The number of hydrogen-bond donors (Lipinski definition) is 0. The van der Waals surface area contributed by atoms with Crippen LogP contribution in [0.4, 0.5) is 8.78 Å². The van der Waals surface area contributed by atoms with Gasteiger partial charge < -0.3 is 4.90 Å². The van der Waals surface area contributed by atoms with Crippen LogP contribution in [0.3, 0.4) is 0 Å². The molecule has 7 nitrogen and oxygen atoms in total. The molecule has 2 aromatic heterocycles. The van der Waals surface area contributed by atoms with Gasteiger partial charge in [-0.05, 0) is 25.0 Å². The fourth-order valence-corrected chi connectivity index (χ4v) is 3.77. The maximum absolute atomic E-state index is 13.5. The van der Waals surface area contributed by atoms with Gasteiger partial charge in [0, 0.05) is 25.6 Å². The third-order valence-electron chi connectivity index (χ3n) is 5.00. The van der Waals surface area contributed by atoms with Crippen molar-refractivity contribution in [1.82, 2.24) is 24.2 Å². The standard InChI is InChI=1S/C17H18ClF2N5O2/c18-11-4-5-12(21-8-11)9-24-16(27)25-13(2-1-3-14(25)22-24)15(26)23-7-6-17(19,20)10-23/h4-5,8,13H,1-3,6-7,9-10H2. The lowest BCUT2D eigenvalue weighted by Gasteiger charge is -2.27. The van der Waals surface area contributed by atoms with Crippen molar-refractivity contribution in [1.29, 1.82) is 0 Å². The van der Waals surface area contributed by atoms with Crippen LogP contribution in [-0.2, 0) is 17.8 Å². The molecule has 144 valence electrons. The molecule has 4 heterocycles. The summed E-state index contributed by atoms with van der Waals surface area (Å²) in [7, 11) is 0. The van der Waals surface area contributed by atoms with Crippen molar-refractivity contribution in [2.75, 3.05) is 13.1 Å². The summed E-state index contributed by atoms with van der Waals surface area (Å²) in [6.07, 6.45) is 2.83. The molecule has 1 saturated heterocycles. The van der Waals surface area contributed by atoms with E-state index >= 15 is 0 Å². The molecule has 1 atom stereocenters. The predicted octanol–water partition coefficient (Wildman–Crippen LogP) is 1.89. The van der Waals surface area contributed by atoms with E-state index in [9.17, 15) is 18.4 Å². The van der Waals surface area contributed by atoms with Gasteiger partial charge in [-0.2, -0.15) is 5.10 Å². The molecule has 27 heavy (non-hydrogen) atoms. The summed E-state index contributed by atoms with van der Waals surface area (Å²) in [5, 5.41) is 4.82. The first-order valence-electron chi connectivity index (χ1n) is 8.79. The Morgan fingerprint density at radius 3 is 2.85 bits per heavy atom. The summed E-state index contributed by atoms with van der Waals surface area (Å²) in [5.41, 5.74) is 0.185. The molecule has 1 fully saturated rings. The quantitative estimate of drug-likeness (QED) is 0.792. The van der Waals surface area contributed by atoms with Crippen LogP contribution in [0.2, 0.25) is 5.02 Å². The number of pyridine rings is 1. The van der Waals surface area contributed by atoms with Crippen LogP contribution in [0.5, 0.6) is 0 Å². The molecule has 4 rings (SSSR count). The van der Waals surface area contributed by atoms with Gasteiger partial charge in [0.15, 0.2) is 0 Å². The highest BCUT2D eigenvalue weighted by Gasteiger charge is 2.43. The molecule has 0 bridgehead atoms. The van der Waals surface area contributed by atoms with Crippen molar-refractivity contribution in [3.63, 3.8) is 0 Å². The number of aromatic nitrogens is 4. The Balaban J connectivity index is 1.61. The zero-order chi connectivity index (χ0) is 19.2. The van der Waals surface area contributed by atoms with Crippen LogP contribution >= 0.6 is 11.6 Å². The number of hydrogen-bond acceptors (Lipinski definition) is 4. The number of nitrogens with zero attached hydrogens (tertiary/aromatic N) is 5. The summed E-state index contributed by atoms with van der Waals surface area (Å²) >= 11 is 5.82. The minimum absolute atomic E-state index is 0.00918. The first kappa shape index (κ1) is 18.1. The Morgan fingerprint density at radius 2 is 2.19 bits per heavy atom. The van der Waals surface area contributed by atoms with Gasteiger partial charge in [0.25, 0.3) is 5.92 Å². The molecule has 2 aromatic rings. The third-order valence-corrected chi connectivity index (χ3v) is 5.22. The second-order valence-electron chi connectivity index (χ2n) is 6.97. The summed E-state index contributed by atoms with van der Waals surface area (Å²) in [4.78, 5) is 30.9. The van der Waals surface area contributed by atoms with Gasteiger partial charge in [-0.15, -0.1) is 0 Å². The lowest BCUT2D eigenvalue weighted by Crippen LogP contribution is -2.42. The highest BCUT2D eigenvalue weighted by molar-refractivity contribution is 6.30. The van der Waals surface area contributed by atoms with Crippen molar-refractivity contribution < 1.29 is 13.6 Å². The van der Waals surface area contributed by atoms with Crippen molar-refractivity contribution in [3.8, 4) is 0 Å². The highest BCUT2D eigenvalue weighted by atomic mass is 35.5. The number of aryl methyl sites for hydroxylation is 1. The summed E-state index contributed by atoms with van der Waals surface area (Å²) in [5.74, 6) is -2.79. The lowest BCUT2D eigenvalue weighted by atomic mass is 10.0. The van der Waals surface area contributed by atoms with Gasteiger partial charge >= 0.3 is 5.69 Å². The monoisotopic (exact) mass is 397 g/mol. The Bertz CT molecular complexity index is 924. The van der Waals surface area contributed by atoms with E-state index in [0.717, 1.165) is 4.90 Å². The zero-order valence-corrected chi connectivity index (χ0v) is 15.2. The van der Waals surface area contributed by atoms with Gasteiger partial charge in [-0.25, -0.2) is 18.3 Å². The predicted molar refractivity (Wildman–Crippen MR) is 93.0 cm³/mol. The first-order chi connectivity index (χ1) is 12.8. The molecule has 1 unspecified atom stereocenters. The number of amides is 1. The maximum Gasteiger partial charge on any atom is 0.347 e. The molecule has 10 heteroatoms. The molecule has 0 N–H and O–H groups in total. The average Bonchev–Trinajstić information content (AvgIpc) is 3.16. The number of likely N-dealkylation sites (tertiary alicyclic amines) is 1. The molecule has 0 aliphatic carbocycles. The SMILES string of the molecule is O=C(C1CCCc2nn(Cc3ccc(Cl)cn3)c(=O)n21)N1CCC(F)(F)C1. The first-order valence-corrected chi connectivity index (χ1v) is 9.17. The molecule has 1 amide bonds. The smallest absolute Gasteiger partial charge is 0.335 e. The molecular weight excluding hydrogens is 380 g/mol. The second-order valence-corrected chi connectivity index (χ2v) is 7.40. The average molecular weight is 398 g/mol. The summed E-state index contributed by atoms with van der Waals surface area (Å²) < 4.78 is 29.6. The molecule has 0 saturated carbocycles. The number of alkyl halides is 2. The molecule has 0 radical (unpaired) electrons. The number of carbonyl (C=O) groups is 1. The summed E-state index contributed by atoms with van der Waals surface area (Å²) in [6, 6.07) is 2.59. The van der Waals surface area contributed by atoms with Crippen molar-refractivity contribution in [3.05, 3.63) is 45.4 Å². The van der Waals surface area contributed by atoms with E-state index in [1.54, 1.807) is 12.1 Å². The van der Waals surface area contributed by atoms with Gasteiger partial charge in [-0.1, -0.05) is 11.6 Å². The zero-order valence-electron chi connectivity index (χ0n) is 14.4. The molecule has 0 spiro atoms. The van der Waals surface area contributed by atoms with E-state index in [1.807, 2.05) is 0 Å². The van der Waals surface area contributed by atoms with E-state index in [0.29, 0.717) is 35.8 Å². The van der Waals surface area contributed by atoms with Crippen LogP contribution in [0.15, 0.2) is 23.1 Å². The van der Waals surface area contributed by atoms with Gasteiger partial charge in [-0.3, -0.25) is 14.3 Å². The van der Waals surface area contributed by atoms with E-state index in [4.69, 9.17) is 11.6 Å². The second kappa shape index (κ2) is 6.70. The highest BCUT2D eigenvalue weighted by Crippen LogP contribution is 2.31. The number of fused-ring (bicyclic) bond motifs is 1. The third kappa shape index (κ3) is 3.47. The topological polar surface area (TPSA) is 73.0 Å². The molecule has 0 aromatic carbocycles. The van der Waals surface area contributed by atoms with Crippen LogP contribution in [0.1, 0.15) is 36.8 Å². The van der Waals surface area contributed by atoms with E-state index in [2.05, 4.69) is 10.1 Å². The van der Waals surface area contributed by atoms with Crippen molar-refractivity contribution in [2.45, 2.75) is 44.2 Å². The van der Waals surface area contributed by atoms with E-state index in [-0.39, 0.29) is 19.5 Å². The number of rotatable bonds is 3. The van der Waals surface area contributed by atoms with Gasteiger partial charge in [0.1, 0.15) is 11.9 Å². The van der Waals surface area contributed by atoms with Crippen LogP contribution < -0.4 is 5.69 Å². The minimum Gasteiger partial charge on any atom is -0.335 e. The Hall–Kier alpha value is -2.29. The normalized spacial score (nSPS) is 21.3. The number of carbonyl (C=O) groups excluding carboxylic acids is 1. The van der Waals surface area contributed by atoms with Crippen LogP contribution in [0, 0.1) is 0 Å². The Morgan fingerprint density at radius 1 is 1.37 bits per heavy atom. The number of halogens is 3. The lowest BCUT2D eigenvalue weighted by molar-refractivity contribution is -0.135. The van der Waals surface area contributed by atoms with Crippen LogP contribution in [0.25, 0.3) is 0 Å². The Kier molecular flexibility index (Phi) is 4.49. The maximum atomic E-state index is 13.5. The van der Waals surface area contributed by atoms with E-state index < -0.39 is 30.1 Å². The molecule has 2 aliphatic rings. The van der Waals surface area contributed by atoms with Gasteiger partial charge in [0.05, 0.1) is 23.8 Å². The van der Waals surface area contributed by atoms with Crippen LogP contribution in [-0.4, -0.2) is 49.2 Å². The molecule has 2 aliphatic heterocycles.